The number of hydrogen-bond acceptors (Lipinski definition) is 4. The summed E-state index contributed by atoms with van der Waals surface area (Å²) in [6, 6.07) is 8.23. The average molecular weight is 314 g/mol. The predicted molar refractivity (Wildman–Crippen MR) is 97.6 cm³/mol. The van der Waals surface area contributed by atoms with Crippen LogP contribution in [0.15, 0.2) is 29.3 Å². The molecule has 0 unspecified atom stereocenters. The molecule has 0 aliphatic carbocycles. The van der Waals surface area contributed by atoms with Crippen molar-refractivity contribution < 1.29 is 0 Å². The smallest absolute Gasteiger partial charge is 0.150 e. The number of anilines is 1. The molecule has 1 fully saturated rings. The number of benzene rings is 1. The second kappa shape index (κ2) is 5.89. The third-order valence-electron chi connectivity index (χ3n) is 4.71. The van der Waals surface area contributed by atoms with E-state index in [1.165, 1.54) is 36.0 Å². The summed E-state index contributed by atoms with van der Waals surface area (Å²) in [5.41, 5.74) is 10.6. The Morgan fingerprint density at radius 2 is 2.09 bits per heavy atom. The predicted octanol–water partition coefficient (Wildman–Crippen LogP) is 2.90. The van der Waals surface area contributed by atoms with E-state index in [9.17, 15) is 0 Å². The Morgan fingerprint density at radius 3 is 2.91 bits per heavy atom. The van der Waals surface area contributed by atoms with E-state index >= 15 is 0 Å². The fraction of sp³-hybridized carbons (Fsp3) is 0.412. The quantitative estimate of drug-likeness (QED) is 0.880. The number of aromatic nitrogens is 1. The minimum Gasteiger partial charge on any atom is -0.382 e. The van der Waals surface area contributed by atoms with Gasteiger partial charge in [0.25, 0.3) is 0 Å². The summed E-state index contributed by atoms with van der Waals surface area (Å²) < 4.78 is 0. The van der Waals surface area contributed by atoms with Gasteiger partial charge in [-0.15, -0.1) is 0 Å². The fourth-order valence-corrected chi connectivity index (χ4v) is 3.63. The van der Waals surface area contributed by atoms with Gasteiger partial charge in [-0.25, -0.2) is 4.98 Å². The molecule has 1 saturated heterocycles. The first-order valence-electron chi connectivity index (χ1n) is 7.65. The van der Waals surface area contributed by atoms with E-state index in [1.807, 2.05) is 12.1 Å². The topological polar surface area (TPSA) is 54.5 Å². The molecule has 0 spiro atoms. The highest BCUT2D eigenvalue weighted by molar-refractivity contribution is 7.59. The molecule has 0 saturated carbocycles. The number of nitrogens with zero attached hydrogens (tertiary/aromatic N) is 3. The van der Waals surface area contributed by atoms with Crippen molar-refractivity contribution in [1.29, 1.82) is 0 Å². The van der Waals surface area contributed by atoms with Crippen molar-refractivity contribution in [3.05, 3.63) is 29.8 Å². The molecule has 1 aromatic heterocycles. The normalized spacial score (nSPS) is 21.3. The van der Waals surface area contributed by atoms with E-state index in [1.54, 1.807) is 0 Å². The van der Waals surface area contributed by atoms with E-state index in [4.69, 9.17) is 10.7 Å². The van der Waals surface area contributed by atoms with Gasteiger partial charge in [-0.05, 0) is 38.1 Å². The Bertz CT molecular complexity index is 741. The molecule has 0 amide bonds. The Morgan fingerprint density at radius 1 is 1.27 bits per heavy atom. The number of para-hydroxylation sites is 1. The van der Waals surface area contributed by atoms with Crippen molar-refractivity contribution in [3.63, 3.8) is 0 Å². The second-order valence-corrected chi connectivity index (χ2v) is 6.22. The highest BCUT2D eigenvalue weighted by atomic mass is 32.1. The Hall–Kier alpha value is -1.59. The molecule has 1 atom stereocenters. The lowest BCUT2D eigenvalue weighted by Crippen LogP contribution is -2.36. The van der Waals surface area contributed by atoms with Gasteiger partial charge in [0, 0.05) is 30.0 Å². The Balaban J connectivity index is 0.00000144. The van der Waals surface area contributed by atoms with E-state index in [2.05, 4.69) is 29.1 Å². The average Bonchev–Trinajstić information content (AvgIpc) is 2.93. The van der Waals surface area contributed by atoms with Gasteiger partial charge in [0.1, 0.15) is 11.5 Å². The molecule has 0 bridgehead atoms. The highest BCUT2D eigenvalue weighted by Crippen LogP contribution is 2.38. The fourth-order valence-electron chi connectivity index (χ4n) is 3.63. The molecule has 1 aromatic carbocycles. The zero-order chi connectivity index (χ0) is 14.4. The Labute approximate surface area is 137 Å². The number of nitrogens with two attached hydrogens (primary N) is 1. The summed E-state index contributed by atoms with van der Waals surface area (Å²) in [5.74, 6) is 1.14. The van der Waals surface area contributed by atoms with Crippen LogP contribution in [0.3, 0.4) is 0 Å². The van der Waals surface area contributed by atoms with Gasteiger partial charge in [-0.3, -0.25) is 4.99 Å². The molecule has 5 heteroatoms. The second-order valence-electron chi connectivity index (χ2n) is 6.22. The number of piperidine rings is 1. The van der Waals surface area contributed by atoms with E-state index in [0.717, 1.165) is 24.2 Å². The van der Waals surface area contributed by atoms with Crippen LogP contribution >= 0.6 is 13.5 Å². The first-order valence-corrected chi connectivity index (χ1v) is 7.65. The van der Waals surface area contributed by atoms with Gasteiger partial charge in [0.15, 0.2) is 0 Å². The minimum atomic E-state index is 0. The first kappa shape index (κ1) is 15.3. The van der Waals surface area contributed by atoms with Crippen LogP contribution in [-0.4, -0.2) is 35.7 Å². The maximum atomic E-state index is 6.13. The van der Waals surface area contributed by atoms with Crippen LogP contribution in [0.25, 0.3) is 10.9 Å². The number of rotatable bonds is 1. The number of aliphatic imine (C=N–C) groups is 1. The van der Waals surface area contributed by atoms with Crippen molar-refractivity contribution in [2.45, 2.75) is 19.3 Å². The minimum absolute atomic E-state index is 0. The van der Waals surface area contributed by atoms with E-state index in [0.29, 0.717) is 11.7 Å². The van der Waals surface area contributed by atoms with Crippen LogP contribution in [0.1, 0.15) is 18.4 Å². The zero-order valence-corrected chi connectivity index (χ0v) is 13.8. The van der Waals surface area contributed by atoms with E-state index < -0.39 is 0 Å². The molecule has 3 heterocycles. The Kier molecular flexibility index (Phi) is 4.10. The van der Waals surface area contributed by atoms with Gasteiger partial charge in [0.05, 0.1) is 5.52 Å². The zero-order valence-electron chi connectivity index (χ0n) is 12.8. The maximum Gasteiger partial charge on any atom is 0.150 e. The van der Waals surface area contributed by atoms with Crippen molar-refractivity contribution in [2.24, 2.45) is 10.9 Å². The molecule has 2 aliphatic rings. The van der Waals surface area contributed by atoms with Gasteiger partial charge >= 0.3 is 0 Å². The highest BCUT2D eigenvalue weighted by Gasteiger charge is 2.28. The number of fused-ring (bicyclic) bond motifs is 3. The summed E-state index contributed by atoms with van der Waals surface area (Å²) in [6.07, 6.45) is 3.43. The van der Waals surface area contributed by atoms with Crippen LogP contribution < -0.4 is 5.73 Å². The standard InChI is InChI=1S/C17H20N4.H2S/c1-21-8-4-5-11(10-21)15-9-13-12-6-2-3-7-14(12)20-17(18)16(13)19-15;/h2-3,6-7,11H,4-5,8-10H2,1H3,(H2,18,20);1H2/t11-;/m0./s1. The molecule has 4 nitrogen and oxygen atoms in total. The van der Waals surface area contributed by atoms with Gasteiger partial charge in [-0.2, -0.15) is 13.5 Å². The summed E-state index contributed by atoms with van der Waals surface area (Å²) in [6.45, 7) is 2.31. The lowest BCUT2D eigenvalue weighted by molar-refractivity contribution is 0.246. The number of nitrogen functional groups attached to an aromatic ring is 1. The molecule has 2 N–H and O–H groups in total. The van der Waals surface area contributed by atoms with Gasteiger partial charge < -0.3 is 10.6 Å². The molecule has 0 radical (unpaired) electrons. The summed E-state index contributed by atoms with van der Waals surface area (Å²) in [5, 5.41) is 1.20. The van der Waals surface area contributed by atoms with E-state index in [-0.39, 0.29) is 13.5 Å². The summed E-state index contributed by atoms with van der Waals surface area (Å²) in [7, 11) is 2.19. The van der Waals surface area contributed by atoms with Crippen LogP contribution in [-0.2, 0) is 6.42 Å². The molecule has 2 aliphatic heterocycles. The van der Waals surface area contributed by atoms with Crippen LogP contribution in [0.5, 0.6) is 0 Å². The van der Waals surface area contributed by atoms with Crippen LogP contribution in [0.2, 0.25) is 0 Å². The molecular weight excluding hydrogens is 292 g/mol. The maximum absolute atomic E-state index is 6.13. The number of hydrogen-bond donors (Lipinski definition) is 1. The van der Waals surface area contributed by atoms with Gasteiger partial charge in [0.2, 0.25) is 0 Å². The molecular formula is C17H22N4S. The van der Waals surface area contributed by atoms with Crippen molar-refractivity contribution in [1.82, 2.24) is 9.88 Å². The first-order chi connectivity index (χ1) is 10.2. The molecule has 2 aromatic rings. The molecule has 116 valence electrons. The van der Waals surface area contributed by atoms with Crippen molar-refractivity contribution in [2.75, 3.05) is 25.9 Å². The summed E-state index contributed by atoms with van der Waals surface area (Å²) in [4.78, 5) is 11.8. The lowest BCUT2D eigenvalue weighted by Gasteiger charge is -2.29. The third-order valence-corrected chi connectivity index (χ3v) is 4.71. The third kappa shape index (κ3) is 2.48. The van der Waals surface area contributed by atoms with Crippen LogP contribution in [0.4, 0.5) is 11.5 Å². The molecule has 4 rings (SSSR count). The summed E-state index contributed by atoms with van der Waals surface area (Å²) >= 11 is 0. The van der Waals surface area contributed by atoms with Crippen molar-refractivity contribution in [3.8, 4) is 0 Å². The lowest BCUT2D eigenvalue weighted by atomic mass is 9.90. The van der Waals surface area contributed by atoms with Crippen LogP contribution in [0, 0.1) is 5.92 Å². The SMILES string of the molecule is CN1CCC[C@H](C2=Nc3c(N)nc4ccccc4c3C2)C1.S. The monoisotopic (exact) mass is 314 g/mol. The number of likely N-dealkylation sites (tertiary alicyclic amines) is 1. The largest absolute Gasteiger partial charge is 0.382 e. The van der Waals surface area contributed by atoms with Gasteiger partial charge in [-0.1, -0.05) is 18.2 Å². The molecule has 22 heavy (non-hydrogen) atoms. The van der Waals surface area contributed by atoms with Crippen molar-refractivity contribution >= 4 is 41.6 Å². The number of pyridine rings is 1.